The van der Waals surface area contributed by atoms with Crippen molar-refractivity contribution in [2.45, 2.75) is 32.9 Å². The van der Waals surface area contributed by atoms with Gasteiger partial charge in [-0.05, 0) is 62.7 Å². The van der Waals surface area contributed by atoms with Gasteiger partial charge < -0.3 is 14.4 Å². The fourth-order valence-corrected chi connectivity index (χ4v) is 3.75. The average molecular weight is 463 g/mol. The van der Waals surface area contributed by atoms with E-state index >= 15 is 0 Å². The van der Waals surface area contributed by atoms with E-state index in [0.29, 0.717) is 22.6 Å². The van der Waals surface area contributed by atoms with E-state index < -0.39 is 22.7 Å². The number of nitro benzene ring substituents is 1. The van der Waals surface area contributed by atoms with Gasteiger partial charge >= 0.3 is 5.91 Å². The van der Waals surface area contributed by atoms with Gasteiger partial charge in [0.15, 0.2) is 5.82 Å². The second kappa shape index (κ2) is 8.81. The Morgan fingerprint density at radius 3 is 2.32 bits per heavy atom. The Balaban J connectivity index is 1.85. The molecule has 34 heavy (non-hydrogen) atoms. The number of carbonyl (C=O) groups is 2. The number of hydrogen-bond donors (Lipinski definition) is 1. The fraction of sp³-hybridized carbons (Fsp3) is 0.208. The van der Waals surface area contributed by atoms with Crippen molar-refractivity contribution in [1.29, 1.82) is 0 Å². The van der Waals surface area contributed by atoms with Gasteiger partial charge in [0.1, 0.15) is 17.3 Å². The van der Waals surface area contributed by atoms with E-state index in [4.69, 9.17) is 9.26 Å². The molecule has 0 radical (unpaired) electrons. The Morgan fingerprint density at radius 2 is 1.79 bits per heavy atom. The molecule has 0 saturated carbocycles. The molecule has 1 aliphatic rings. The smallest absolute Gasteiger partial charge is 0.301 e. The molecule has 10 heteroatoms. The number of amides is 1. The van der Waals surface area contributed by atoms with E-state index in [1.54, 1.807) is 31.2 Å². The summed E-state index contributed by atoms with van der Waals surface area (Å²) in [6.45, 7) is 5.39. The SMILES string of the molecule is Cc1cc(N2C(=O)C(=O)C(=C(O)c3ccc(OC(C)C)cc3)[C@@H]2c2ccc([N+](=O)[O-])cc2)no1. The summed E-state index contributed by atoms with van der Waals surface area (Å²) >= 11 is 0. The highest BCUT2D eigenvalue weighted by molar-refractivity contribution is 6.51. The first kappa shape index (κ1) is 22.7. The van der Waals surface area contributed by atoms with E-state index in [1.807, 2.05) is 13.8 Å². The Hall–Kier alpha value is -4.47. The average Bonchev–Trinajstić information content (AvgIpc) is 3.34. The van der Waals surface area contributed by atoms with Gasteiger partial charge in [-0.25, -0.2) is 0 Å². The highest BCUT2D eigenvalue weighted by Crippen LogP contribution is 2.42. The molecule has 10 nitrogen and oxygen atoms in total. The van der Waals surface area contributed by atoms with Crippen molar-refractivity contribution in [2.24, 2.45) is 0 Å². The van der Waals surface area contributed by atoms with Gasteiger partial charge in [0.25, 0.3) is 11.5 Å². The quantitative estimate of drug-likeness (QED) is 0.188. The Kier molecular flexibility index (Phi) is 5.89. The zero-order chi connectivity index (χ0) is 24.6. The van der Waals surface area contributed by atoms with Crippen LogP contribution in [0.2, 0.25) is 0 Å². The van der Waals surface area contributed by atoms with Gasteiger partial charge in [0.05, 0.1) is 22.6 Å². The third-order valence-electron chi connectivity index (χ3n) is 5.23. The monoisotopic (exact) mass is 463 g/mol. The number of non-ortho nitro benzene ring substituents is 1. The molecule has 3 aromatic rings. The van der Waals surface area contributed by atoms with Crippen LogP contribution in [0.3, 0.4) is 0 Å². The van der Waals surface area contributed by atoms with Gasteiger partial charge in [0.2, 0.25) is 0 Å². The number of aryl methyl sites for hydroxylation is 1. The lowest BCUT2D eigenvalue weighted by Crippen LogP contribution is -2.29. The summed E-state index contributed by atoms with van der Waals surface area (Å²) in [4.78, 5) is 37.7. The largest absolute Gasteiger partial charge is 0.507 e. The van der Waals surface area contributed by atoms with E-state index in [2.05, 4.69) is 5.16 Å². The van der Waals surface area contributed by atoms with E-state index in [0.717, 1.165) is 4.90 Å². The van der Waals surface area contributed by atoms with Gasteiger partial charge in [-0.2, -0.15) is 0 Å². The lowest BCUT2D eigenvalue weighted by atomic mass is 9.95. The number of rotatable bonds is 6. The maximum absolute atomic E-state index is 13.1. The number of aliphatic hydroxyl groups is 1. The molecule has 0 bridgehead atoms. The van der Waals surface area contributed by atoms with Crippen molar-refractivity contribution in [2.75, 3.05) is 4.90 Å². The first-order valence-electron chi connectivity index (χ1n) is 10.4. The predicted molar refractivity (Wildman–Crippen MR) is 121 cm³/mol. The van der Waals surface area contributed by atoms with Crippen molar-refractivity contribution in [3.8, 4) is 5.75 Å². The highest BCUT2D eigenvalue weighted by atomic mass is 16.6. The summed E-state index contributed by atoms with van der Waals surface area (Å²) in [6, 6.07) is 12.3. The molecule has 0 unspecified atom stereocenters. The standard InChI is InChI=1S/C24H21N3O7/c1-13(2)33-18-10-6-16(7-11-18)22(28)20-21(15-4-8-17(9-5-15)27(31)32)26(24(30)23(20)29)19-12-14(3)34-25-19/h4-13,21,28H,1-3H3/t21-/m0/s1. The second-order valence-electron chi connectivity index (χ2n) is 8.00. The lowest BCUT2D eigenvalue weighted by molar-refractivity contribution is -0.384. The van der Waals surface area contributed by atoms with Gasteiger partial charge in [-0.15, -0.1) is 0 Å². The molecular weight excluding hydrogens is 442 g/mol. The van der Waals surface area contributed by atoms with Crippen molar-refractivity contribution in [1.82, 2.24) is 5.16 Å². The van der Waals surface area contributed by atoms with E-state index in [1.165, 1.54) is 30.3 Å². The summed E-state index contributed by atoms with van der Waals surface area (Å²) in [5.74, 6) is -1.12. The Morgan fingerprint density at radius 1 is 1.15 bits per heavy atom. The Bertz CT molecular complexity index is 1290. The van der Waals surface area contributed by atoms with Crippen LogP contribution in [0.25, 0.3) is 5.76 Å². The van der Waals surface area contributed by atoms with Gasteiger partial charge in [0, 0.05) is 23.8 Å². The zero-order valence-corrected chi connectivity index (χ0v) is 18.6. The molecule has 1 aliphatic heterocycles. The minimum absolute atomic E-state index is 0.0437. The third kappa shape index (κ3) is 4.13. The number of carbonyl (C=O) groups excluding carboxylic acids is 2. The van der Waals surface area contributed by atoms with Crippen LogP contribution in [0.1, 0.15) is 36.8 Å². The fourth-order valence-electron chi connectivity index (χ4n) is 3.75. The summed E-state index contributed by atoms with van der Waals surface area (Å²) in [5.41, 5.74) is 0.361. The molecule has 4 rings (SSSR count). The summed E-state index contributed by atoms with van der Waals surface area (Å²) < 4.78 is 10.7. The topological polar surface area (TPSA) is 136 Å². The van der Waals surface area contributed by atoms with Crippen LogP contribution in [0, 0.1) is 17.0 Å². The number of aromatic nitrogens is 1. The maximum atomic E-state index is 13.1. The molecule has 2 aromatic carbocycles. The molecule has 1 atom stereocenters. The van der Waals surface area contributed by atoms with Gasteiger partial charge in [-0.3, -0.25) is 24.6 Å². The third-order valence-corrected chi connectivity index (χ3v) is 5.23. The molecule has 1 amide bonds. The van der Waals surface area contributed by atoms with Crippen LogP contribution in [0.15, 0.2) is 64.7 Å². The van der Waals surface area contributed by atoms with Crippen LogP contribution < -0.4 is 9.64 Å². The lowest BCUT2D eigenvalue weighted by Gasteiger charge is -2.22. The molecular formula is C24H21N3O7. The maximum Gasteiger partial charge on any atom is 0.301 e. The van der Waals surface area contributed by atoms with Crippen LogP contribution in [0.5, 0.6) is 5.75 Å². The van der Waals surface area contributed by atoms with E-state index in [9.17, 15) is 24.8 Å². The van der Waals surface area contributed by atoms with Crippen LogP contribution in [-0.2, 0) is 9.59 Å². The summed E-state index contributed by atoms with van der Waals surface area (Å²) in [7, 11) is 0. The molecule has 0 aliphatic carbocycles. The molecule has 2 heterocycles. The molecule has 1 aromatic heterocycles. The first-order valence-corrected chi connectivity index (χ1v) is 10.4. The second-order valence-corrected chi connectivity index (χ2v) is 8.00. The van der Waals surface area contributed by atoms with Gasteiger partial charge in [-0.1, -0.05) is 5.16 Å². The number of anilines is 1. The first-order chi connectivity index (χ1) is 16.2. The molecule has 1 fully saturated rings. The van der Waals surface area contributed by atoms with Crippen molar-refractivity contribution in [3.05, 3.63) is 87.2 Å². The van der Waals surface area contributed by atoms with E-state index in [-0.39, 0.29) is 28.9 Å². The van der Waals surface area contributed by atoms with Crippen LogP contribution in [-0.4, -0.2) is 33.0 Å². The number of nitrogens with zero attached hydrogens (tertiary/aromatic N) is 3. The predicted octanol–water partition coefficient (Wildman–Crippen LogP) is 4.30. The van der Waals surface area contributed by atoms with Crippen LogP contribution in [0.4, 0.5) is 11.5 Å². The van der Waals surface area contributed by atoms with Crippen molar-refractivity contribution >= 4 is 29.0 Å². The number of benzene rings is 2. The zero-order valence-electron chi connectivity index (χ0n) is 18.6. The Labute approximate surface area is 194 Å². The van der Waals surface area contributed by atoms with Crippen molar-refractivity contribution < 1.29 is 28.9 Å². The number of ether oxygens (including phenoxy) is 1. The number of Topliss-reactive ketones (excluding diaryl/α,β-unsaturated/α-hetero) is 1. The molecule has 0 spiro atoms. The molecule has 1 N–H and O–H groups in total. The molecule has 174 valence electrons. The number of nitro groups is 1. The minimum Gasteiger partial charge on any atom is -0.507 e. The highest BCUT2D eigenvalue weighted by Gasteiger charge is 2.48. The molecule has 1 saturated heterocycles. The normalized spacial score (nSPS) is 17.4. The number of aliphatic hydroxyl groups excluding tert-OH is 1. The van der Waals surface area contributed by atoms with Crippen LogP contribution >= 0.6 is 0 Å². The summed E-state index contributed by atoms with van der Waals surface area (Å²) in [5, 5.41) is 26.1. The van der Waals surface area contributed by atoms with Crippen molar-refractivity contribution in [3.63, 3.8) is 0 Å². The summed E-state index contributed by atoms with van der Waals surface area (Å²) in [6.07, 6.45) is -0.0437. The number of ketones is 1. The number of hydrogen-bond acceptors (Lipinski definition) is 8. The minimum atomic E-state index is -1.07.